The number of hydrogen-bond acceptors (Lipinski definition) is 12. The van der Waals surface area contributed by atoms with E-state index in [2.05, 4.69) is 0 Å². The van der Waals surface area contributed by atoms with E-state index >= 15 is 0 Å². The Morgan fingerprint density at radius 1 is 0.809 bits per heavy atom. The number of rotatable bonds is 8. The van der Waals surface area contributed by atoms with Gasteiger partial charge in [0.1, 0.15) is 36.3 Å². The Morgan fingerprint density at radius 2 is 1.51 bits per heavy atom. The van der Waals surface area contributed by atoms with Gasteiger partial charge in [-0.1, -0.05) is 39.0 Å². The number of esters is 1. The maximum Gasteiger partial charge on any atom is 0.330 e. The molecule has 0 spiro atoms. The van der Waals surface area contributed by atoms with E-state index in [-0.39, 0.29) is 42.2 Å². The molecule has 15 atom stereocenters. The minimum Gasteiger partial charge on any atom is -0.459 e. The third-order valence-electron chi connectivity index (χ3n) is 9.68. The van der Waals surface area contributed by atoms with Crippen LogP contribution >= 0.6 is 0 Å². The van der Waals surface area contributed by atoms with Crippen LogP contribution in [0.2, 0.25) is 0 Å². The third kappa shape index (κ3) is 10.9. The highest BCUT2D eigenvalue weighted by atomic mass is 16.7. The predicted octanol–water partition coefficient (Wildman–Crippen LogP) is 3.36. The lowest BCUT2D eigenvalue weighted by atomic mass is 9.84. The highest BCUT2D eigenvalue weighted by molar-refractivity contribution is 5.82. The molecule has 12 nitrogen and oxygen atoms in total. The van der Waals surface area contributed by atoms with Crippen molar-refractivity contribution in [1.29, 1.82) is 0 Å². The highest BCUT2D eigenvalue weighted by Crippen LogP contribution is 2.32. The van der Waals surface area contributed by atoms with Crippen molar-refractivity contribution in [1.82, 2.24) is 0 Å². The average molecular weight is 671 g/mol. The molecule has 270 valence electrons. The zero-order chi connectivity index (χ0) is 34.8. The summed E-state index contributed by atoms with van der Waals surface area (Å²) in [6, 6.07) is 0. The Labute approximate surface area is 280 Å². The normalized spacial score (nSPS) is 44.4. The van der Waals surface area contributed by atoms with Crippen molar-refractivity contribution in [3.8, 4) is 0 Å². The van der Waals surface area contributed by atoms with Crippen LogP contribution in [0.3, 0.4) is 0 Å². The van der Waals surface area contributed by atoms with Gasteiger partial charge in [-0.05, 0) is 39.5 Å². The smallest absolute Gasteiger partial charge is 0.330 e. The molecule has 2 saturated heterocycles. The van der Waals surface area contributed by atoms with Crippen molar-refractivity contribution in [2.45, 2.75) is 135 Å². The molecular formula is C35H58O12. The molecule has 3 rings (SSSR count). The molecule has 3 heterocycles. The quantitative estimate of drug-likeness (QED) is 0.288. The first-order valence-electron chi connectivity index (χ1n) is 16.9. The van der Waals surface area contributed by atoms with Gasteiger partial charge in [-0.3, -0.25) is 4.79 Å². The molecule has 0 saturated carbocycles. The molecule has 0 amide bonds. The Hall–Kier alpha value is -1.74. The number of hydrogen-bond donors (Lipinski definition) is 2. The van der Waals surface area contributed by atoms with Gasteiger partial charge in [0.2, 0.25) is 0 Å². The summed E-state index contributed by atoms with van der Waals surface area (Å²) < 4.78 is 46.8. The molecule has 12 heteroatoms. The van der Waals surface area contributed by atoms with Crippen LogP contribution in [0.4, 0.5) is 0 Å². The van der Waals surface area contributed by atoms with Crippen LogP contribution in [0.15, 0.2) is 24.3 Å². The van der Waals surface area contributed by atoms with Gasteiger partial charge in [-0.15, -0.1) is 0 Å². The van der Waals surface area contributed by atoms with Crippen LogP contribution < -0.4 is 0 Å². The fourth-order valence-corrected chi connectivity index (χ4v) is 6.69. The number of carbonyl (C=O) groups excluding carboxylic acids is 2. The minimum absolute atomic E-state index is 0.0954. The van der Waals surface area contributed by atoms with Gasteiger partial charge in [0.25, 0.3) is 0 Å². The number of cyclic esters (lactones) is 1. The van der Waals surface area contributed by atoms with Gasteiger partial charge in [-0.25, -0.2) is 4.79 Å². The predicted molar refractivity (Wildman–Crippen MR) is 172 cm³/mol. The number of methoxy groups -OCH3 is 3. The molecule has 0 aromatic heterocycles. The lowest BCUT2D eigenvalue weighted by Gasteiger charge is -2.42. The lowest BCUT2D eigenvalue weighted by molar-refractivity contribution is -0.304. The monoisotopic (exact) mass is 670 g/mol. The second-order valence-corrected chi connectivity index (χ2v) is 13.4. The van der Waals surface area contributed by atoms with Gasteiger partial charge in [0.05, 0.1) is 31.0 Å². The minimum atomic E-state index is -0.984. The van der Waals surface area contributed by atoms with E-state index in [0.717, 1.165) is 0 Å². The Kier molecular flexibility index (Phi) is 15.9. The molecule has 0 radical (unpaired) electrons. The largest absolute Gasteiger partial charge is 0.459 e. The SMILES string of the molecule is COC1CC(C)OC(OC2C(C)/C=C\C(=O)OC(C)C(COC3OC(C)C(O)C(OC)C3OC)/C=C\CCC(=O)C(C)CC2C)C1O. The number of aliphatic hydroxyl groups excluding tert-OH is 2. The molecule has 47 heavy (non-hydrogen) atoms. The molecule has 3 aliphatic heterocycles. The maximum atomic E-state index is 13.2. The number of carbonyl (C=O) groups is 2. The summed E-state index contributed by atoms with van der Waals surface area (Å²) in [5.74, 6) is -1.35. The van der Waals surface area contributed by atoms with E-state index in [9.17, 15) is 19.8 Å². The van der Waals surface area contributed by atoms with Crippen LogP contribution in [0.5, 0.6) is 0 Å². The van der Waals surface area contributed by atoms with E-state index < -0.39 is 67.4 Å². The second kappa shape index (κ2) is 18.9. The standard InChI is InChI=1S/C35H58O12/c1-19-14-15-28(37)45-23(5)25(18-43-35-33(42-9)32(41-8)29(38)24(6)46-35)12-10-11-13-26(36)20(2)16-21(3)31(19)47-34-30(39)27(40-7)17-22(4)44-34/h10,12,14-15,19-25,27,29-35,38-39H,11,13,16-18H2,1-9H3/b12-10-,15-14-. The molecule has 15 unspecified atom stereocenters. The van der Waals surface area contributed by atoms with E-state index in [4.69, 9.17) is 37.9 Å². The van der Waals surface area contributed by atoms with Crippen molar-refractivity contribution in [3.63, 3.8) is 0 Å². The summed E-state index contributed by atoms with van der Waals surface area (Å²) in [6.07, 6.45) is 1.76. The van der Waals surface area contributed by atoms with Gasteiger partial charge in [-0.2, -0.15) is 0 Å². The van der Waals surface area contributed by atoms with Gasteiger partial charge < -0.3 is 48.1 Å². The second-order valence-electron chi connectivity index (χ2n) is 13.4. The van der Waals surface area contributed by atoms with Crippen LogP contribution in [-0.4, -0.2) is 117 Å². The topological polar surface area (TPSA) is 148 Å². The zero-order valence-electron chi connectivity index (χ0n) is 29.5. The first-order valence-corrected chi connectivity index (χ1v) is 16.9. The Morgan fingerprint density at radius 3 is 2.17 bits per heavy atom. The van der Waals surface area contributed by atoms with Crippen molar-refractivity contribution in [2.75, 3.05) is 27.9 Å². The van der Waals surface area contributed by atoms with Crippen molar-refractivity contribution >= 4 is 11.8 Å². The molecule has 2 fully saturated rings. The van der Waals surface area contributed by atoms with Crippen molar-refractivity contribution in [2.24, 2.45) is 23.7 Å². The highest BCUT2D eigenvalue weighted by Gasteiger charge is 2.45. The molecule has 3 aliphatic rings. The summed E-state index contributed by atoms with van der Waals surface area (Å²) in [4.78, 5) is 26.3. The van der Waals surface area contributed by atoms with E-state index in [1.54, 1.807) is 27.0 Å². The summed E-state index contributed by atoms with van der Waals surface area (Å²) in [6.45, 7) is 11.4. The third-order valence-corrected chi connectivity index (χ3v) is 9.68. The van der Waals surface area contributed by atoms with Crippen LogP contribution in [-0.2, 0) is 47.5 Å². The molecule has 0 aromatic carbocycles. The first kappa shape index (κ1) is 39.7. The number of Topliss-reactive ketones (excluding diaryl/α,β-unsaturated/α-hetero) is 1. The number of aliphatic hydroxyl groups is 2. The summed E-state index contributed by atoms with van der Waals surface area (Å²) >= 11 is 0. The first-order chi connectivity index (χ1) is 22.3. The average Bonchev–Trinajstić information content (AvgIpc) is 3.03. The molecule has 0 aliphatic carbocycles. The van der Waals surface area contributed by atoms with Gasteiger partial charge in [0, 0.05) is 58.0 Å². The zero-order valence-corrected chi connectivity index (χ0v) is 29.5. The van der Waals surface area contributed by atoms with E-state index in [1.807, 2.05) is 39.8 Å². The van der Waals surface area contributed by atoms with Crippen LogP contribution in [0.1, 0.15) is 67.2 Å². The number of allylic oxidation sites excluding steroid dienone is 1. The fourth-order valence-electron chi connectivity index (χ4n) is 6.69. The maximum absolute atomic E-state index is 13.2. The molecular weight excluding hydrogens is 612 g/mol. The molecule has 0 aromatic rings. The summed E-state index contributed by atoms with van der Waals surface area (Å²) in [7, 11) is 4.55. The Balaban J connectivity index is 1.78. The summed E-state index contributed by atoms with van der Waals surface area (Å²) in [5.41, 5.74) is 0. The molecule has 2 N–H and O–H groups in total. The lowest BCUT2D eigenvalue weighted by Crippen LogP contribution is -2.59. The van der Waals surface area contributed by atoms with E-state index in [1.165, 1.54) is 20.3 Å². The van der Waals surface area contributed by atoms with E-state index in [0.29, 0.717) is 25.7 Å². The van der Waals surface area contributed by atoms with Gasteiger partial charge >= 0.3 is 5.97 Å². The number of ketones is 1. The molecule has 0 bridgehead atoms. The van der Waals surface area contributed by atoms with Gasteiger partial charge in [0.15, 0.2) is 12.6 Å². The van der Waals surface area contributed by atoms with Crippen LogP contribution in [0.25, 0.3) is 0 Å². The van der Waals surface area contributed by atoms with Crippen molar-refractivity contribution in [3.05, 3.63) is 24.3 Å². The Bertz CT molecular complexity index is 1030. The summed E-state index contributed by atoms with van der Waals surface area (Å²) in [5, 5.41) is 21.4. The fraction of sp³-hybridized carbons (Fsp3) is 0.829. The number of ether oxygens (including phenoxy) is 8. The van der Waals surface area contributed by atoms with Crippen molar-refractivity contribution < 1.29 is 57.7 Å². The van der Waals surface area contributed by atoms with Crippen LogP contribution in [0, 0.1) is 23.7 Å².